The minimum atomic E-state index is -4.44. The van der Waals surface area contributed by atoms with Gasteiger partial charge >= 0.3 is 6.18 Å². The van der Waals surface area contributed by atoms with E-state index >= 15 is 0 Å². The molecule has 92 valence electrons. The van der Waals surface area contributed by atoms with Crippen molar-refractivity contribution in [3.05, 3.63) is 35.7 Å². The maximum atomic E-state index is 12.3. The van der Waals surface area contributed by atoms with Gasteiger partial charge in [0.2, 0.25) is 5.91 Å². The van der Waals surface area contributed by atoms with Crippen LogP contribution in [0.1, 0.15) is 18.3 Å². The number of carbonyl (C=O) groups excluding carboxylic acids is 1. The van der Waals surface area contributed by atoms with E-state index in [1.165, 1.54) is 31.2 Å². The van der Waals surface area contributed by atoms with Gasteiger partial charge in [-0.2, -0.15) is 13.2 Å². The highest BCUT2D eigenvalue weighted by molar-refractivity contribution is 5.73. The van der Waals surface area contributed by atoms with E-state index in [1.807, 2.05) is 0 Å². The highest BCUT2D eigenvalue weighted by Crippen LogP contribution is 2.27. The van der Waals surface area contributed by atoms with Crippen molar-refractivity contribution in [2.75, 3.05) is 6.54 Å². The average molecular weight is 244 g/mol. The van der Waals surface area contributed by atoms with E-state index < -0.39 is 11.9 Å². The average Bonchev–Trinajstić information content (AvgIpc) is 2.23. The minimum Gasteiger partial charge on any atom is -0.353 e. The first kappa shape index (κ1) is 13.2. The summed E-state index contributed by atoms with van der Waals surface area (Å²) in [6.07, 6.45) is -1.49. The van der Waals surface area contributed by atoms with Gasteiger partial charge < -0.3 is 5.32 Å². The molecule has 0 fully saturated rings. The van der Waals surface area contributed by atoms with E-state index in [-0.39, 0.29) is 18.1 Å². The summed E-state index contributed by atoms with van der Waals surface area (Å²) in [5.41, 5.74) is -0.732. The lowest BCUT2D eigenvalue weighted by Gasteiger charge is -2.05. The van der Waals surface area contributed by atoms with Gasteiger partial charge in [0, 0.05) is 13.5 Å². The second kappa shape index (κ2) is 5.47. The highest BCUT2D eigenvalue weighted by Gasteiger charge is 2.32. The second-order valence-electron chi connectivity index (χ2n) is 3.28. The normalized spacial score (nSPS) is 11.8. The van der Waals surface area contributed by atoms with E-state index in [2.05, 4.69) is 10.3 Å². The van der Waals surface area contributed by atoms with Crippen LogP contribution < -0.4 is 5.32 Å². The Bertz CT molecular complexity index is 427. The number of aromatic nitrogens is 1. The summed E-state index contributed by atoms with van der Waals surface area (Å²) < 4.78 is 37.0. The summed E-state index contributed by atoms with van der Waals surface area (Å²) in [7, 11) is 0. The monoisotopic (exact) mass is 244 g/mol. The Labute approximate surface area is 96.4 Å². The molecule has 0 saturated heterocycles. The predicted octanol–water partition coefficient (Wildman–Crippen LogP) is 2.25. The smallest absolute Gasteiger partial charge is 0.353 e. The van der Waals surface area contributed by atoms with Crippen molar-refractivity contribution in [3.8, 4) is 0 Å². The number of pyridine rings is 1. The lowest BCUT2D eigenvalue weighted by atomic mass is 10.3. The van der Waals surface area contributed by atoms with E-state index in [4.69, 9.17) is 0 Å². The van der Waals surface area contributed by atoms with Gasteiger partial charge in [0.15, 0.2) is 0 Å². The molecule has 0 bridgehead atoms. The fraction of sp³-hybridized carbons (Fsp3) is 0.273. The summed E-state index contributed by atoms with van der Waals surface area (Å²) in [4.78, 5) is 14.0. The van der Waals surface area contributed by atoms with Crippen LogP contribution in [0.25, 0.3) is 6.08 Å². The molecule has 0 aromatic carbocycles. The van der Waals surface area contributed by atoms with Crippen LogP contribution in [0.4, 0.5) is 13.2 Å². The third kappa shape index (κ3) is 4.67. The quantitative estimate of drug-likeness (QED) is 0.886. The van der Waals surface area contributed by atoms with E-state index in [1.54, 1.807) is 0 Å². The number of hydrogen-bond acceptors (Lipinski definition) is 2. The molecule has 17 heavy (non-hydrogen) atoms. The molecule has 0 atom stereocenters. The predicted molar refractivity (Wildman–Crippen MR) is 57.0 cm³/mol. The fourth-order valence-electron chi connectivity index (χ4n) is 1.08. The number of nitrogens with zero attached hydrogens (tertiary/aromatic N) is 1. The van der Waals surface area contributed by atoms with E-state index in [0.717, 1.165) is 6.07 Å². The number of nitrogens with one attached hydrogen (secondary N) is 1. The molecule has 1 amide bonds. The zero-order valence-electron chi connectivity index (χ0n) is 9.08. The maximum absolute atomic E-state index is 12.3. The molecule has 0 unspecified atom stereocenters. The highest BCUT2D eigenvalue weighted by atomic mass is 19.4. The van der Waals surface area contributed by atoms with E-state index in [0.29, 0.717) is 0 Å². The standard InChI is InChI=1S/C11H11F3N2O/c1-8(17)15-7-3-5-9-4-2-6-10(16-9)11(12,13)14/h2-6H,7H2,1H3,(H,15,17). The number of rotatable bonds is 3. The molecule has 0 radical (unpaired) electrons. The Morgan fingerprint density at radius 1 is 1.47 bits per heavy atom. The minimum absolute atomic E-state index is 0.199. The van der Waals surface area contributed by atoms with E-state index in [9.17, 15) is 18.0 Å². The summed E-state index contributed by atoms with van der Waals surface area (Å²) in [5.74, 6) is -0.202. The third-order valence-electron chi connectivity index (χ3n) is 1.82. The van der Waals surface area contributed by atoms with Crippen molar-refractivity contribution in [2.24, 2.45) is 0 Å². The third-order valence-corrected chi connectivity index (χ3v) is 1.82. The van der Waals surface area contributed by atoms with Gasteiger partial charge in [0.05, 0.1) is 5.69 Å². The first-order chi connectivity index (χ1) is 7.89. The molecule has 6 heteroatoms. The van der Waals surface area contributed by atoms with Crippen molar-refractivity contribution < 1.29 is 18.0 Å². The maximum Gasteiger partial charge on any atom is 0.433 e. The first-order valence-corrected chi connectivity index (χ1v) is 4.85. The molecule has 1 rings (SSSR count). The van der Waals surface area contributed by atoms with Crippen LogP contribution in [0.2, 0.25) is 0 Å². The van der Waals surface area contributed by atoms with Gasteiger partial charge in [-0.05, 0) is 18.2 Å². The van der Waals surface area contributed by atoms with Gasteiger partial charge in [-0.3, -0.25) is 4.79 Å². The molecule has 1 N–H and O–H groups in total. The van der Waals surface area contributed by atoms with Crippen molar-refractivity contribution in [3.63, 3.8) is 0 Å². The zero-order chi connectivity index (χ0) is 12.9. The number of hydrogen-bond donors (Lipinski definition) is 1. The van der Waals surface area contributed by atoms with Crippen molar-refractivity contribution in [2.45, 2.75) is 13.1 Å². The molecular weight excluding hydrogens is 233 g/mol. The van der Waals surface area contributed by atoms with Crippen molar-refractivity contribution in [1.82, 2.24) is 10.3 Å². The van der Waals surface area contributed by atoms with Crippen LogP contribution in [0.5, 0.6) is 0 Å². The van der Waals surface area contributed by atoms with Crippen LogP contribution in [0, 0.1) is 0 Å². The zero-order valence-corrected chi connectivity index (χ0v) is 9.08. The molecule has 1 heterocycles. The van der Waals surface area contributed by atoms with Crippen LogP contribution >= 0.6 is 0 Å². The molecular formula is C11H11F3N2O. The summed E-state index contributed by atoms with van der Waals surface area (Å²) in [6.45, 7) is 1.61. The van der Waals surface area contributed by atoms with Gasteiger partial charge in [-0.25, -0.2) is 4.98 Å². The van der Waals surface area contributed by atoms with Gasteiger partial charge in [0.25, 0.3) is 0 Å². The van der Waals surface area contributed by atoms with Crippen LogP contribution in [0.3, 0.4) is 0 Å². The largest absolute Gasteiger partial charge is 0.433 e. The Hall–Kier alpha value is -1.85. The number of carbonyl (C=O) groups is 1. The van der Waals surface area contributed by atoms with Crippen LogP contribution in [-0.2, 0) is 11.0 Å². The summed E-state index contributed by atoms with van der Waals surface area (Å²) >= 11 is 0. The van der Waals surface area contributed by atoms with Crippen LogP contribution in [0.15, 0.2) is 24.3 Å². The molecule has 0 aliphatic rings. The van der Waals surface area contributed by atoms with Crippen molar-refractivity contribution in [1.29, 1.82) is 0 Å². The molecule has 0 saturated carbocycles. The molecule has 1 aromatic heterocycles. The molecule has 0 aliphatic heterocycles. The summed E-state index contributed by atoms with van der Waals surface area (Å²) in [5, 5.41) is 2.48. The van der Waals surface area contributed by atoms with Gasteiger partial charge in [-0.1, -0.05) is 12.1 Å². The van der Waals surface area contributed by atoms with Crippen LogP contribution in [-0.4, -0.2) is 17.4 Å². The fourth-order valence-corrected chi connectivity index (χ4v) is 1.08. The Morgan fingerprint density at radius 3 is 2.76 bits per heavy atom. The lowest BCUT2D eigenvalue weighted by molar-refractivity contribution is -0.141. The number of halogens is 3. The Balaban J connectivity index is 2.69. The Morgan fingerprint density at radius 2 is 2.18 bits per heavy atom. The van der Waals surface area contributed by atoms with Gasteiger partial charge in [0.1, 0.15) is 5.69 Å². The molecule has 0 spiro atoms. The number of amides is 1. The van der Waals surface area contributed by atoms with Crippen molar-refractivity contribution >= 4 is 12.0 Å². The summed E-state index contributed by atoms with van der Waals surface area (Å²) in [6, 6.07) is 3.65. The SMILES string of the molecule is CC(=O)NCC=Cc1cccc(C(F)(F)F)n1. The molecule has 1 aromatic rings. The Kier molecular flexibility index (Phi) is 4.25. The second-order valence-corrected chi connectivity index (χ2v) is 3.28. The van der Waals surface area contributed by atoms with Gasteiger partial charge in [-0.15, -0.1) is 0 Å². The molecule has 3 nitrogen and oxygen atoms in total. The lowest BCUT2D eigenvalue weighted by Crippen LogP contribution is -2.19. The molecule has 0 aliphatic carbocycles. The first-order valence-electron chi connectivity index (χ1n) is 4.85. The number of alkyl halides is 3. The topological polar surface area (TPSA) is 42.0 Å².